The Morgan fingerprint density at radius 1 is 0.964 bits per heavy atom. The van der Waals surface area contributed by atoms with Crippen molar-refractivity contribution in [2.75, 3.05) is 11.9 Å². The highest BCUT2D eigenvalue weighted by molar-refractivity contribution is 6.05. The summed E-state index contributed by atoms with van der Waals surface area (Å²) in [6.07, 6.45) is 0.840. The minimum atomic E-state index is -0.192. The SMILES string of the molecule is CCOc1cccc(Oc2cccc(NC(=O)c3ccc(CC)nc3C)c2)c1. The maximum absolute atomic E-state index is 12.6. The second-order valence-corrected chi connectivity index (χ2v) is 6.28. The summed E-state index contributed by atoms with van der Waals surface area (Å²) in [5, 5.41) is 2.91. The minimum absolute atomic E-state index is 0.192. The monoisotopic (exact) mass is 376 g/mol. The van der Waals surface area contributed by atoms with Crippen LogP contribution in [0.2, 0.25) is 0 Å². The zero-order valence-corrected chi connectivity index (χ0v) is 16.4. The predicted molar refractivity (Wildman–Crippen MR) is 110 cm³/mol. The van der Waals surface area contributed by atoms with Crippen molar-refractivity contribution in [3.63, 3.8) is 0 Å². The smallest absolute Gasteiger partial charge is 0.257 e. The maximum atomic E-state index is 12.6. The second-order valence-electron chi connectivity index (χ2n) is 6.28. The molecule has 2 aromatic carbocycles. The van der Waals surface area contributed by atoms with E-state index < -0.39 is 0 Å². The Hall–Kier alpha value is -3.34. The summed E-state index contributed by atoms with van der Waals surface area (Å²) >= 11 is 0. The fourth-order valence-electron chi connectivity index (χ4n) is 2.82. The lowest BCUT2D eigenvalue weighted by atomic mass is 10.1. The van der Waals surface area contributed by atoms with Gasteiger partial charge in [0.25, 0.3) is 5.91 Å². The summed E-state index contributed by atoms with van der Waals surface area (Å²) in [7, 11) is 0. The van der Waals surface area contributed by atoms with E-state index in [1.54, 1.807) is 6.07 Å². The van der Waals surface area contributed by atoms with E-state index in [-0.39, 0.29) is 5.91 Å². The number of benzene rings is 2. The number of hydrogen-bond donors (Lipinski definition) is 1. The minimum Gasteiger partial charge on any atom is -0.494 e. The number of rotatable bonds is 7. The molecule has 5 heteroatoms. The molecule has 28 heavy (non-hydrogen) atoms. The van der Waals surface area contributed by atoms with E-state index in [4.69, 9.17) is 9.47 Å². The van der Waals surface area contributed by atoms with E-state index in [1.807, 2.05) is 75.4 Å². The predicted octanol–water partition coefficient (Wildman–Crippen LogP) is 5.40. The number of carbonyl (C=O) groups excluding carboxylic acids is 1. The first kappa shape index (κ1) is 19.4. The molecule has 0 saturated carbocycles. The first-order chi connectivity index (χ1) is 13.6. The van der Waals surface area contributed by atoms with Crippen LogP contribution in [0.15, 0.2) is 60.7 Å². The fourth-order valence-corrected chi connectivity index (χ4v) is 2.82. The lowest BCUT2D eigenvalue weighted by Gasteiger charge is -2.11. The lowest BCUT2D eigenvalue weighted by Crippen LogP contribution is -2.14. The molecule has 3 rings (SSSR count). The van der Waals surface area contributed by atoms with Gasteiger partial charge in [-0.25, -0.2) is 0 Å². The van der Waals surface area contributed by atoms with E-state index in [2.05, 4.69) is 10.3 Å². The van der Waals surface area contributed by atoms with E-state index in [1.165, 1.54) is 0 Å². The number of ether oxygens (including phenoxy) is 2. The molecule has 1 aromatic heterocycles. The molecule has 1 heterocycles. The van der Waals surface area contributed by atoms with Crippen LogP contribution in [0.1, 0.15) is 35.6 Å². The second kappa shape index (κ2) is 9.04. The molecule has 1 amide bonds. The van der Waals surface area contributed by atoms with Crippen molar-refractivity contribution in [3.05, 3.63) is 77.6 Å². The summed E-state index contributed by atoms with van der Waals surface area (Å²) in [5.41, 5.74) is 2.91. The third-order valence-corrected chi connectivity index (χ3v) is 4.19. The first-order valence-corrected chi connectivity index (χ1v) is 9.37. The average molecular weight is 376 g/mol. The average Bonchev–Trinajstić information content (AvgIpc) is 2.68. The van der Waals surface area contributed by atoms with E-state index in [0.29, 0.717) is 29.4 Å². The van der Waals surface area contributed by atoms with Crippen molar-refractivity contribution in [1.29, 1.82) is 0 Å². The number of anilines is 1. The highest BCUT2D eigenvalue weighted by Gasteiger charge is 2.11. The Labute approximate surface area is 165 Å². The molecule has 0 aliphatic carbocycles. The molecule has 0 aliphatic rings. The molecule has 144 valence electrons. The summed E-state index contributed by atoms with van der Waals surface area (Å²) in [6, 6.07) is 18.4. The van der Waals surface area contributed by atoms with Gasteiger partial charge >= 0.3 is 0 Å². The van der Waals surface area contributed by atoms with Crippen molar-refractivity contribution in [3.8, 4) is 17.2 Å². The van der Waals surface area contributed by atoms with Gasteiger partial charge in [0.2, 0.25) is 0 Å². The van der Waals surface area contributed by atoms with Crippen LogP contribution in [-0.4, -0.2) is 17.5 Å². The normalized spacial score (nSPS) is 10.4. The van der Waals surface area contributed by atoms with Gasteiger partial charge in [0, 0.05) is 23.5 Å². The number of hydrogen-bond acceptors (Lipinski definition) is 4. The van der Waals surface area contributed by atoms with Crippen molar-refractivity contribution in [2.24, 2.45) is 0 Å². The standard InChI is InChI=1S/C23H24N2O3/c1-4-17-12-13-22(16(3)24-17)23(26)25-18-8-6-10-20(14-18)28-21-11-7-9-19(15-21)27-5-2/h6-15H,4-5H2,1-3H3,(H,25,26). The third-order valence-electron chi connectivity index (χ3n) is 4.19. The van der Waals surface area contributed by atoms with Crippen LogP contribution in [0.25, 0.3) is 0 Å². The van der Waals surface area contributed by atoms with Gasteiger partial charge in [0.15, 0.2) is 0 Å². The van der Waals surface area contributed by atoms with E-state index in [0.717, 1.165) is 23.6 Å². The lowest BCUT2D eigenvalue weighted by molar-refractivity contribution is 0.102. The molecule has 1 N–H and O–H groups in total. The molecular weight excluding hydrogens is 352 g/mol. The number of aryl methyl sites for hydroxylation is 2. The summed E-state index contributed by atoms with van der Waals surface area (Å²) < 4.78 is 11.4. The molecule has 3 aromatic rings. The van der Waals surface area contributed by atoms with Crippen molar-refractivity contribution >= 4 is 11.6 Å². The van der Waals surface area contributed by atoms with Gasteiger partial charge in [-0.1, -0.05) is 19.1 Å². The first-order valence-electron chi connectivity index (χ1n) is 9.37. The highest BCUT2D eigenvalue weighted by atomic mass is 16.5. The van der Waals surface area contributed by atoms with Crippen LogP contribution in [-0.2, 0) is 6.42 Å². The van der Waals surface area contributed by atoms with Gasteiger partial charge in [0.05, 0.1) is 17.9 Å². The molecule has 0 spiro atoms. The van der Waals surface area contributed by atoms with Crippen LogP contribution in [0.3, 0.4) is 0 Å². The molecule has 0 radical (unpaired) electrons. The molecule has 0 fully saturated rings. The van der Waals surface area contributed by atoms with Gasteiger partial charge in [-0.2, -0.15) is 0 Å². The number of nitrogens with zero attached hydrogens (tertiary/aromatic N) is 1. The molecule has 0 saturated heterocycles. The van der Waals surface area contributed by atoms with Crippen LogP contribution in [0, 0.1) is 6.92 Å². The van der Waals surface area contributed by atoms with Gasteiger partial charge in [-0.15, -0.1) is 0 Å². The Morgan fingerprint density at radius 3 is 2.39 bits per heavy atom. The molecule has 0 bridgehead atoms. The molecule has 0 unspecified atom stereocenters. The molecule has 5 nitrogen and oxygen atoms in total. The number of nitrogens with one attached hydrogen (secondary N) is 1. The number of amides is 1. The van der Waals surface area contributed by atoms with Gasteiger partial charge in [-0.3, -0.25) is 9.78 Å². The van der Waals surface area contributed by atoms with Crippen molar-refractivity contribution in [1.82, 2.24) is 4.98 Å². The quantitative estimate of drug-likeness (QED) is 0.600. The van der Waals surface area contributed by atoms with Crippen LogP contribution in [0.5, 0.6) is 17.2 Å². The van der Waals surface area contributed by atoms with Gasteiger partial charge in [0.1, 0.15) is 17.2 Å². The number of carbonyl (C=O) groups is 1. The van der Waals surface area contributed by atoms with Crippen molar-refractivity contribution in [2.45, 2.75) is 27.2 Å². The van der Waals surface area contributed by atoms with Crippen molar-refractivity contribution < 1.29 is 14.3 Å². The fraction of sp³-hybridized carbons (Fsp3) is 0.217. The largest absolute Gasteiger partial charge is 0.494 e. The van der Waals surface area contributed by atoms with Crippen LogP contribution < -0.4 is 14.8 Å². The van der Waals surface area contributed by atoms with Gasteiger partial charge < -0.3 is 14.8 Å². The summed E-state index contributed by atoms with van der Waals surface area (Å²) in [5.74, 6) is 1.86. The van der Waals surface area contributed by atoms with Crippen LogP contribution in [0.4, 0.5) is 5.69 Å². The summed E-state index contributed by atoms with van der Waals surface area (Å²) in [6.45, 7) is 6.42. The number of aromatic nitrogens is 1. The third kappa shape index (κ3) is 4.88. The Morgan fingerprint density at radius 2 is 1.68 bits per heavy atom. The molecular formula is C23H24N2O3. The Bertz CT molecular complexity index is 970. The van der Waals surface area contributed by atoms with E-state index >= 15 is 0 Å². The maximum Gasteiger partial charge on any atom is 0.257 e. The highest BCUT2D eigenvalue weighted by Crippen LogP contribution is 2.27. The van der Waals surface area contributed by atoms with Crippen LogP contribution >= 0.6 is 0 Å². The summed E-state index contributed by atoms with van der Waals surface area (Å²) in [4.78, 5) is 17.1. The zero-order chi connectivity index (χ0) is 19.9. The number of pyridine rings is 1. The zero-order valence-electron chi connectivity index (χ0n) is 16.4. The topological polar surface area (TPSA) is 60.5 Å². The van der Waals surface area contributed by atoms with Gasteiger partial charge in [-0.05, 0) is 56.7 Å². The molecule has 0 aliphatic heterocycles. The van der Waals surface area contributed by atoms with E-state index in [9.17, 15) is 4.79 Å². The Balaban J connectivity index is 1.73. The Kier molecular flexibility index (Phi) is 6.27. The molecule has 0 atom stereocenters.